The number of rotatable bonds is 19. The smallest absolute Gasteiger partial charge is 0.161 e. The monoisotopic (exact) mass is 559 g/mol. The lowest BCUT2D eigenvalue weighted by atomic mass is 10.1. The lowest BCUT2D eigenvalue weighted by Crippen LogP contribution is -2.17. The normalized spacial score (nSPS) is 10.9. The predicted molar refractivity (Wildman–Crippen MR) is 151 cm³/mol. The van der Waals surface area contributed by atoms with Crippen molar-refractivity contribution < 1.29 is 28.4 Å². The summed E-state index contributed by atoms with van der Waals surface area (Å²) in [5.41, 5.74) is 8.56. The van der Waals surface area contributed by atoms with Gasteiger partial charge in [-0.15, -0.1) is 0 Å². The molecular weight excluding hydrogens is 522 g/mol. The van der Waals surface area contributed by atoms with Gasteiger partial charge < -0.3 is 39.5 Å². The van der Waals surface area contributed by atoms with E-state index in [9.17, 15) is 0 Å². The maximum absolute atomic E-state index is 5.91. The summed E-state index contributed by atoms with van der Waals surface area (Å²) >= 11 is 5.84. The molecule has 0 aliphatic heterocycles. The van der Waals surface area contributed by atoms with Crippen LogP contribution in [-0.2, 0) is 29.0 Å². The van der Waals surface area contributed by atoms with Gasteiger partial charge in [0.25, 0.3) is 0 Å². The molecule has 0 aliphatic rings. The Morgan fingerprint density at radius 1 is 0.744 bits per heavy atom. The Hall–Kier alpha value is -3.08. The number of nitrogens with two attached hydrogens (primary N) is 1. The van der Waals surface area contributed by atoms with Crippen molar-refractivity contribution in [3.8, 4) is 23.0 Å². The first-order valence-electron chi connectivity index (χ1n) is 12.9. The second kappa shape index (κ2) is 17.5. The highest BCUT2D eigenvalue weighted by molar-refractivity contribution is 6.29. The first kappa shape index (κ1) is 30.5. The molecular formula is C29H38ClN3O6. The van der Waals surface area contributed by atoms with Crippen molar-refractivity contribution in [1.29, 1.82) is 0 Å². The summed E-state index contributed by atoms with van der Waals surface area (Å²) in [6, 6.07) is 15.5. The van der Waals surface area contributed by atoms with Gasteiger partial charge in [0.15, 0.2) is 23.0 Å². The molecule has 1 heterocycles. The SMILES string of the molecule is COc1cc(CCNCc2ccc(OCc3ccc(Cl)nc3)c(OC)c2)ccc1OCCOCCOCCN. The molecule has 0 spiro atoms. The fourth-order valence-electron chi connectivity index (χ4n) is 3.66. The van der Waals surface area contributed by atoms with Crippen LogP contribution in [0.25, 0.3) is 0 Å². The van der Waals surface area contributed by atoms with Gasteiger partial charge in [0.1, 0.15) is 18.4 Å². The topological polar surface area (TPSA) is 106 Å². The van der Waals surface area contributed by atoms with E-state index in [1.807, 2.05) is 42.5 Å². The Morgan fingerprint density at radius 3 is 2.08 bits per heavy atom. The summed E-state index contributed by atoms with van der Waals surface area (Å²) in [5.74, 6) is 2.75. The molecule has 0 saturated heterocycles. The first-order chi connectivity index (χ1) is 19.1. The van der Waals surface area contributed by atoms with Gasteiger partial charge in [-0.1, -0.05) is 29.8 Å². The van der Waals surface area contributed by atoms with E-state index in [0.717, 1.165) is 29.7 Å². The fraction of sp³-hybridized carbons (Fsp3) is 0.414. The Morgan fingerprint density at radius 2 is 1.38 bits per heavy atom. The number of ether oxygens (including phenoxy) is 6. The minimum Gasteiger partial charge on any atom is -0.493 e. The van der Waals surface area contributed by atoms with Crippen molar-refractivity contribution in [2.75, 3.05) is 60.3 Å². The molecule has 39 heavy (non-hydrogen) atoms. The van der Waals surface area contributed by atoms with Gasteiger partial charge >= 0.3 is 0 Å². The molecule has 9 nitrogen and oxygen atoms in total. The third kappa shape index (κ3) is 10.9. The van der Waals surface area contributed by atoms with Crippen molar-refractivity contribution in [3.63, 3.8) is 0 Å². The van der Waals surface area contributed by atoms with Crippen LogP contribution in [0.3, 0.4) is 0 Å². The summed E-state index contributed by atoms with van der Waals surface area (Å²) in [6.07, 6.45) is 2.54. The molecule has 2 aromatic carbocycles. The number of benzene rings is 2. The van der Waals surface area contributed by atoms with Crippen molar-refractivity contribution in [2.24, 2.45) is 5.73 Å². The number of pyridine rings is 1. The largest absolute Gasteiger partial charge is 0.493 e. The first-order valence-corrected chi connectivity index (χ1v) is 13.3. The van der Waals surface area contributed by atoms with Crippen LogP contribution < -0.4 is 30.0 Å². The zero-order valence-electron chi connectivity index (χ0n) is 22.6. The predicted octanol–water partition coefficient (Wildman–Crippen LogP) is 4.03. The summed E-state index contributed by atoms with van der Waals surface area (Å²) in [6.45, 7) is 4.88. The van der Waals surface area contributed by atoms with Crippen LogP contribution >= 0.6 is 11.6 Å². The number of hydrogen-bond donors (Lipinski definition) is 2. The number of nitrogens with one attached hydrogen (secondary N) is 1. The highest BCUT2D eigenvalue weighted by Crippen LogP contribution is 2.29. The summed E-state index contributed by atoms with van der Waals surface area (Å²) in [7, 11) is 3.28. The van der Waals surface area contributed by atoms with Crippen LogP contribution in [0.15, 0.2) is 54.7 Å². The molecule has 3 aromatic rings. The molecule has 0 amide bonds. The molecule has 0 aliphatic carbocycles. The van der Waals surface area contributed by atoms with Crippen LogP contribution in [0.5, 0.6) is 23.0 Å². The quantitative estimate of drug-likeness (QED) is 0.166. The van der Waals surface area contributed by atoms with E-state index in [4.69, 9.17) is 45.8 Å². The third-order valence-electron chi connectivity index (χ3n) is 5.68. The molecule has 1 aromatic heterocycles. The van der Waals surface area contributed by atoms with E-state index in [2.05, 4.69) is 10.3 Å². The maximum atomic E-state index is 5.91. The summed E-state index contributed by atoms with van der Waals surface area (Å²) in [4.78, 5) is 4.08. The number of aromatic nitrogens is 1. The van der Waals surface area contributed by atoms with Gasteiger partial charge in [0.2, 0.25) is 0 Å². The van der Waals surface area contributed by atoms with Gasteiger partial charge in [-0.05, 0) is 54.4 Å². The molecule has 0 saturated carbocycles. The molecule has 0 fully saturated rings. The van der Waals surface area contributed by atoms with Gasteiger partial charge in [-0.3, -0.25) is 0 Å². The Kier molecular flexibility index (Phi) is 13.7. The third-order valence-corrected chi connectivity index (χ3v) is 5.90. The van der Waals surface area contributed by atoms with Crippen LogP contribution in [0, 0.1) is 0 Å². The van der Waals surface area contributed by atoms with Gasteiger partial charge in [-0.2, -0.15) is 0 Å². The van der Waals surface area contributed by atoms with Crippen LogP contribution in [0.2, 0.25) is 5.15 Å². The van der Waals surface area contributed by atoms with E-state index >= 15 is 0 Å². The average molecular weight is 560 g/mol. The summed E-state index contributed by atoms with van der Waals surface area (Å²) in [5, 5.41) is 3.94. The zero-order valence-corrected chi connectivity index (χ0v) is 23.4. The van der Waals surface area contributed by atoms with Gasteiger partial charge in [0.05, 0.1) is 40.6 Å². The number of hydrogen-bond acceptors (Lipinski definition) is 9. The van der Waals surface area contributed by atoms with Gasteiger partial charge in [-0.25, -0.2) is 4.98 Å². The van der Waals surface area contributed by atoms with E-state index in [-0.39, 0.29) is 0 Å². The highest BCUT2D eigenvalue weighted by atomic mass is 35.5. The average Bonchev–Trinajstić information content (AvgIpc) is 2.97. The highest BCUT2D eigenvalue weighted by Gasteiger charge is 2.08. The van der Waals surface area contributed by atoms with Crippen molar-refractivity contribution in [1.82, 2.24) is 10.3 Å². The lowest BCUT2D eigenvalue weighted by molar-refractivity contribution is 0.0385. The molecule has 10 heteroatoms. The Labute approximate surface area is 235 Å². The van der Waals surface area contributed by atoms with Crippen molar-refractivity contribution in [2.45, 2.75) is 19.6 Å². The van der Waals surface area contributed by atoms with E-state index < -0.39 is 0 Å². The minimum absolute atomic E-state index is 0.379. The molecule has 0 bridgehead atoms. The van der Waals surface area contributed by atoms with Crippen molar-refractivity contribution >= 4 is 11.6 Å². The van der Waals surface area contributed by atoms with E-state index in [0.29, 0.717) is 80.9 Å². The molecule has 0 atom stereocenters. The zero-order chi connectivity index (χ0) is 27.7. The van der Waals surface area contributed by atoms with E-state index in [1.165, 1.54) is 0 Å². The molecule has 0 unspecified atom stereocenters. The fourth-order valence-corrected chi connectivity index (χ4v) is 3.77. The van der Waals surface area contributed by atoms with Crippen LogP contribution in [0.1, 0.15) is 16.7 Å². The van der Waals surface area contributed by atoms with Gasteiger partial charge in [0, 0.05) is 24.8 Å². The lowest BCUT2D eigenvalue weighted by Gasteiger charge is -2.14. The minimum atomic E-state index is 0.379. The van der Waals surface area contributed by atoms with Crippen LogP contribution in [0.4, 0.5) is 0 Å². The Balaban J connectivity index is 1.39. The molecule has 212 valence electrons. The standard InChI is InChI=1S/C29H38ClN3O6/c1-34-27-17-22(3-6-25(27)38-16-15-37-14-13-36-12-10-31)9-11-32-19-23-4-7-26(28(18-23)35-2)39-21-24-5-8-29(30)33-20-24/h3-8,17-18,20,32H,9-16,19,21,31H2,1-2H3. The number of methoxy groups -OCH3 is 2. The van der Waals surface area contributed by atoms with Crippen molar-refractivity contribution in [3.05, 3.63) is 76.6 Å². The van der Waals surface area contributed by atoms with Crippen LogP contribution in [-0.4, -0.2) is 65.3 Å². The second-order valence-corrected chi connectivity index (χ2v) is 8.92. The van der Waals surface area contributed by atoms with E-state index in [1.54, 1.807) is 26.5 Å². The maximum Gasteiger partial charge on any atom is 0.161 e. The molecule has 3 rings (SSSR count). The summed E-state index contributed by atoms with van der Waals surface area (Å²) < 4.78 is 33.6. The second-order valence-electron chi connectivity index (χ2n) is 8.54. The molecule has 0 radical (unpaired) electrons. The number of halogens is 1. The number of nitrogens with zero attached hydrogens (tertiary/aromatic N) is 1. The molecule has 3 N–H and O–H groups in total. The Bertz CT molecular complexity index is 1120.